The SMILES string of the molecule is Cc1cc(C(C)CC(C)(C)C)cc(C)c1C. The predicted octanol–water partition coefficient (Wildman–Crippen LogP) is 5.15. The van der Waals surface area contributed by atoms with E-state index >= 15 is 0 Å². The summed E-state index contributed by atoms with van der Waals surface area (Å²) in [5.74, 6) is 0.651. The van der Waals surface area contributed by atoms with Crippen LogP contribution in [-0.2, 0) is 0 Å². The number of hydrogen-bond acceptors (Lipinski definition) is 0. The van der Waals surface area contributed by atoms with Gasteiger partial charge in [-0.15, -0.1) is 0 Å². The maximum Gasteiger partial charge on any atom is -0.0185 e. The summed E-state index contributed by atoms with van der Waals surface area (Å²) in [6.07, 6.45) is 1.24. The summed E-state index contributed by atoms with van der Waals surface area (Å²) in [4.78, 5) is 0. The molecule has 0 N–H and O–H groups in total. The zero-order valence-corrected chi connectivity index (χ0v) is 11.9. The molecule has 0 saturated heterocycles. The molecule has 0 aliphatic carbocycles. The molecule has 1 aromatic rings. The Kier molecular flexibility index (Phi) is 3.83. The first-order valence-electron chi connectivity index (χ1n) is 6.28. The van der Waals surface area contributed by atoms with Crippen LogP contribution >= 0.6 is 0 Å². The highest BCUT2D eigenvalue weighted by Crippen LogP contribution is 2.32. The van der Waals surface area contributed by atoms with Crippen molar-refractivity contribution in [3.63, 3.8) is 0 Å². The molecule has 1 aromatic carbocycles. The van der Waals surface area contributed by atoms with Gasteiger partial charge in [0.25, 0.3) is 0 Å². The number of benzene rings is 1. The van der Waals surface area contributed by atoms with E-state index in [1.165, 1.54) is 28.7 Å². The van der Waals surface area contributed by atoms with Gasteiger partial charge in [-0.05, 0) is 60.8 Å². The summed E-state index contributed by atoms with van der Waals surface area (Å²) in [7, 11) is 0. The van der Waals surface area contributed by atoms with Gasteiger partial charge in [-0.2, -0.15) is 0 Å². The molecule has 0 heteroatoms. The molecule has 1 unspecified atom stereocenters. The lowest BCUT2D eigenvalue weighted by molar-refractivity contribution is 0.348. The highest BCUT2D eigenvalue weighted by molar-refractivity contribution is 5.38. The molecule has 0 spiro atoms. The molecular formula is C16H26. The van der Waals surface area contributed by atoms with Crippen LogP contribution in [0.2, 0.25) is 0 Å². The second-order valence-electron chi connectivity index (χ2n) is 6.45. The van der Waals surface area contributed by atoms with Gasteiger partial charge in [0.05, 0.1) is 0 Å². The van der Waals surface area contributed by atoms with E-state index in [9.17, 15) is 0 Å². The third kappa shape index (κ3) is 3.37. The van der Waals surface area contributed by atoms with Gasteiger partial charge in [0, 0.05) is 0 Å². The molecule has 0 aliphatic heterocycles. The van der Waals surface area contributed by atoms with Crippen LogP contribution in [0, 0.1) is 26.2 Å². The van der Waals surface area contributed by atoms with E-state index in [4.69, 9.17) is 0 Å². The number of hydrogen-bond donors (Lipinski definition) is 0. The lowest BCUT2D eigenvalue weighted by atomic mass is 9.81. The Hall–Kier alpha value is -0.780. The maximum atomic E-state index is 2.36. The zero-order chi connectivity index (χ0) is 12.5. The summed E-state index contributed by atoms with van der Waals surface area (Å²) in [6, 6.07) is 4.72. The molecule has 0 radical (unpaired) electrons. The van der Waals surface area contributed by atoms with Gasteiger partial charge in [0.2, 0.25) is 0 Å². The Labute approximate surface area is 101 Å². The smallest absolute Gasteiger partial charge is 0.0185 e. The minimum absolute atomic E-state index is 0.409. The molecule has 1 atom stereocenters. The summed E-state index contributed by atoms with van der Waals surface area (Å²) in [5, 5.41) is 0. The van der Waals surface area contributed by atoms with Gasteiger partial charge in [0.1, 0.15) is 0 Å². The molecule has 0 heterocycles. The van der Waals surface area contributed by atoms with Gasteiger partial charge in [-0.1, -0.05) is 39.8 Å². The lowest BCUT2D eigenvalue weighted by Gasteiger charge is -2.24. The fraction of sp³-hybridized carbons (Fsp3) is 0.625. The van der Waals surface area contributed by atoms with Crippen molar-refractivity contribution in [1.82, 2.24) is 0 Å². The first-order valence-corrected chi connectivity index (χ1v) is 6.28. The Morgan fingerprint density at radius 1 is 1.00 bits per heavy atom. The van der Waals surface area contributed by atoms with E-state index in [-0.39, 0.29) is 0 Å². The van der Waals surface area contributed by atoms with Gasteiger partial charge in [-0.25, -0.2) is 0 Å². The van der Waals surface area contributed by atoms with E-state index in [2.05, 4.69) is 60.6 Å². The van der Waals surface area contributed by atoms with Crippen LogP contribution in [0.15, 0.2) is 12.1 Å². The molecule has 0 nitrogen and oxygen atoms in total. The molecule has 0 aromatic heterocycles. The lowest BCUT2D eigenvalue weighted by Crippen LogP contribution is -2.10. The standard InChI is InChI=1S/C16H26/c1-11-8-15(9-12(2)14(11)4)13(3)10-16(5,6)7/h8-9,13H,10H2,1-7H3. The first-order chi connectivity index (χ1) is 7.20. The first kappa shape index (κ1) is 13.3. The van der Waals surface area contributed by atoms with Crippen molar-refractivity contribution in [3.05, 3.63) is 34.4 Å². The fourth-order valence-electron chi connectivity index (χ4n) is 2.39. The van der Waals surface area contributed by atoms with Gasteiger partial charge in [-0.3, -0.25) is 0 Å². The van der Waals surface area contributed by atoms with Crippen molar-refractivity contribution in [1.29, 1.82) is 0 Å². The molecule has 16 heavy (non-hydrogen) atoms. The molecule has 0 aliphatic rings. The Morgan fingerprint density at radius 2 is 1.44 bits per heavy atom. The third-order valence-corrected chi connectivity index (χ3v) is 3.44. The summed E-state index contributed by atoms with van der Waals surface area (Å²) < 4.78 is 0. The number of aryl methyl sites for hydroxylation is 2. The quantitative estimate of drug-likeness (QED) is 0.644. The maximum absolute atomic E-state index is 2.36. The molecule has 90 valence electrons. The normalized spacial score (nSPS) is 13.9. The summed E-state index contributed by atoms with van der Waals surface area (Å²) in [6.45, 7) is 15.9. The van der Waals surface area contributed by atoms with Gasteiger partial charge in [0.15, 0.2) is 0 Å². The predicted molar refractivity (Wildman–Crippen MR) is 73.1 cm³/mol. The van der Waals surface area contributed by atoms with Crippen molar-refractivity contribution in [2.45, 2.75) is 60.8 Å². The Balaban J connectivity index is 2.97. The van der Waals surface area contributed by atoms with E-state index in [1.54, 1.807) is 0 Å². The molecule has 0 amide bonds. The van der Waals surface area contributed by atoms with E-state index < -0.39 is 0 Å². The third-order valence-electron chi connectivity index (χ3n) is 3.44. The molecular weight excluding hydrogens is 192 g/mol. The van der Waals surface area contributed by atoms with E-state index in [0.717, 1.165) is 0 Å². The molecule has 0 fully saturated rings. The van der Waals surface area contributed by atoms with Gasteiger partial charge >= 0.3 is 0 Å². The van der Waals surface area contributed by atoms with Crippen molar-refractivity contribution in [2.75, 3.05) is 0 Å². The minimum Gasteiger partial charge on any atom is -0.0602 e. The molecule has 0 saturated carbocycles. The molecule has 0 bridgehead atoms. The van der Waals surface area contributed by atoms with Crippen LogP contribution in [0.1, 0.15) is 62.3 Å². The molecule has 1 rings (SSSR count). The monoisotopic (exact) mass is 218 g/mol. The highest BCUT2D eigenvalue weighted by atomic mass is 14.2. The fourth-order valence-corrected chi connectivity index (χ4v) is 2.39. The van der Waals surface area contributed by atoms with Crippen LogP contribution in [-0.4, -0.2) is 0 Å². The topological polar surface area (TPSA) is 0 Å². The van der Waals surface area contributed by atoms with Crippen LogP contribution in [0.3, 0.4) is 0 Å². The zero-order valence-electron chi connectivity index (χ0n) is 11.9. The summed E-state index contributed by atoms with van der Waals surface area (Å²) >= 11 is 0. The Morgan fingerprint density at radius 3 is 1.81 bits per heavy atom. The van der Waals surface area contributed by atoms with Crippen molar-refractivity contribution in [3.8, 4) is 0 Å². The highest BCUT2D eigenvalue weighted by Gasteiger charge is 2.17. The van der Waals surface area contributed by atoms with Crippen LogP contribution in [0.5, 0.6) is 0 Å². The minimum atomic E-state index is 0.409. The average molecular weight is 218 g/mol. The van der Waals surface area contributed by atoms with Crippen LogP contribution < -0.4 is 0 Å². The number of rotatable bonds is 2. The van der Waals surface area contributed by atoms with Crippen LogP contribution in [0.25, 0.3) is 0 Å². The second-order valence-corrected chi connectivity index (χ2v) is 6.45. The second kappa shape index (κ2) is 4.61. The Bertz CT molecular complexity index is 343. The van der Waals surface area contributed by atoms with E-state index in [1.807, 2.05) is 0 Å². The van der Waals surface area contributed by atoms with Gasteiger partial charge < -0.3 is 0 Å². The van der Waals surface area contributed by atoms with Crippen molar-refractivity contribution < 1.29 is 0 Å². The van der Waals surface area contributed by atoms with Crippen molar-refractivity contribution >= 4 is 0 Å². The summed E-state index contributed by atoms with van der Waals surface area (Å²) in [5.41, 5.74) is 6.19. The van der Waals surface area contributed by atoms with E-state index in [0.29, 0.717) is 11.3 Å². The van der Waals surface area contributed by atoms with Crippen molar-refractivity contribution in [2.24, 2.45) is 5.41 Å². The average Bonchev–Trinajstić information content (AvgIpc) is 2.10. The largest absolute Gasteiger partial charge is 0.0602 e. The van der Waals surface area contributed by atoms with Crippen LogP contribution in [0.4, 0.5) is 0 Å².